The molecule has 1 heterocycles. The molecule has 0 saturated heterocycles. The van der Waals surface area contributed by atoms with E-state index in [0.29, 0.717) is 0 Å². The fourth-order valence-corrected chi connectivity index (χ4v) is 2.01. The Morgan fingerprint density at radius 2 is 1.84 bits per heavy atom. The lowest BCUT2D eigenvalue weighted by Gasteiger charge is -2.18. The van der Waals surface area contributed by atoms with Crippen LogP contribution >= 0.6 is 0 Å². The Labute approximate surface area is 109 Å². The van der Waals surface area contributed by atoms with Gasteiger partial charge in [0.2, 0.25) is 0 Å². The molecule has 0 radical (unpaired) electrons. The van der Waals surface area contributed by atoms with E-state index in [9.17, 15) is 13.2 Å². The highest BCUT2D eigenvalue weighted by Crippen LogP contribution is 2.26. The van der Waals surface area contributed by atoms with Gasteiger partial charge in [0.15, 0.2) is 17.5 Å². The molecule has 0 amide bonds. The lowest BCUT2D eigenvalue weighted by atomic mass is 9.98. The average molecular weight is 266 g/mol. The van der Waals surface area contributed by atoms with Crippen LogP contribution in [-0.4, -0.2) is 12.0 Å². The van der Waals surface area contributed by atoms with Crippen molar-refractivity contribution in [3.63, 3.8) is 0 Å². The third kappa shape index (κ3) is 2.61. The summed E-state index contributed by atoms with van der Waals surface area (Å²) in [4.78, 5) is 4.05. The molecule has 2 rings (SSSR count). The van der Waals surface area contributed by atoms with Crippen LogP contribution in [0.1, 0.15) is 22.9 Å². The smallest absolute Gasteiger partial charge is 0.194 e. The van der Waals surface area contributed by atoms with Crippen molar-refractivity contribution in [3.05, 3.63) is 64.7 Å². The van der Waals surface area contributed by atoms with Gasteiger partial charge < -0.3 is 5.32 Å². The van der Waals surface area contributed by atoms with Gasteiger partial charge in [0.1, 0.15) is 0 Å². The van der Waals surface area contributed by atoms with E-state index < -0.39 is 23.5 Å². The molecule has 1 aromatic heterocycles. The molecule has 0 aliphatic carbocycles. The molecule has 1 aromatic carbocycles. The molecule has 1 atom stereocenters. The molecule has 0 saturated carbocycles. The van der Waals surface area contributed by atoms with Gasteiger partial charge >= 0.3 is 0 Å². The third-order valence-corrected chi connectivity index (χ3v) is 2.92. The molecular weight excluding hydrogens is 253 g/mol. The number of nitrogens with one attached hydrogen (secondary N) is 1. The van der Waals surface area contributed by atoms with Crippen LogP contribution in [0.5, 0.6) is 0 Å². The van der Waals surface area contributed by atoms with E-state index in [4.69, 9.17) is 0 Å². The standard InChI is InChI=1S/C14H13F3N2/c1-8-7-9(5-6-19-8)14(18-2)10-3-4-11(15)13(17)12(10)16/h3-7,14,18H,1-2H3. The van der Waals surface area contributed by atoms with Crippen LogP contribution in [0.15, 0.2) is 30.5 Å². The Hall–Kier alpha value is -1.88. The molecule has 1 N–H and O–H groups in total. The number of hydrogen-bond acceptors (Lipinski definition) is 2. The van der Waals surface area contributed by atoms with Crippen molar-refractivity contribution in [2.75, 3.05) is 7.05 Å². The second-order valence-electron chi connectivity index (χ2n) is 4.22. The molecule has 0 aliphatic heterocycles. The minimum Gasteiger partial charge on any atom is -0.309 e. The number of pyridine rings is 1. The summed E-state index contributed by atoms with van der Waals surface area (Å²) < 4.78 is 40.1. The first-order valence-corrected chi connectivity index (χ1v) is 5.77. The first-order valence-electron chi connectivity index (χ1n) is 5.77. The average Bonchev–Trinajstić information content (AvgIpc) is 2.40. The summed E-state index contributed by atoms with van der Waals surface area (Å²) >= 11 is 0. The van der Waals surface area contributed by atoms with E-state index >= 15 is 0 Å². The van der Waals surface area contributed by atoms with Gasteiger partial charge in [0.25, 0.3) is 0 Å². The zero-order valence-corrected chi connectivity index (χ0v) is 10.5. The van der Waals surface area contributed by atoms with Crippen LogP contribution in [0.2, 0.25) is 0 Å². The van der Waals surface area contributed by atoms with Gasteiger partial charge in [0.05, 0.1) is 6.04 Å². The lowest BCUT2D eigenvalue weighted by Crippen LogP contribution is -2.20. The first-order chi connectivity index (χ1) is 9.04. The number of halogens is 3. The summed E-state index contributed by atoms with van der Waals surface area (Å²) in [5, 5.41) is 2.89. The summed E-state index contributed by atoms with van der Waals surface area (Å²) in [5.74, 6) is -3.82. The lowest BCUT2D eigenvalue weighted by molar-refractivity contribution is 0.435. The third-order valence-electron chi connectivity index (χ3n) is 2.92. The molecule has 0 bridgehead atoms. The first kappa shape index (κ1) is 13.5. The fourth-order valence-electron chi connectivity index (χ4n) is 2.01. The zero-order chi connectivity index (χ0) is 14.0. The number of aryl methyl sites for hydroxylation is 1. The predicted octanol–water partition coefficient (Wildman–Crippen LogP) is 3.12. The highest BCUT2D eigenvalue weighted by molar-refractivity contribution is 5.33. The molecule has 0 aliphatic rings. The number of benzene rings is 1. The predicted molar refractivity (Wildman–Crippen MR) is 66.2 cm³/mol. The molecular formula is C14H13F3N2. The highest BCUT2D eigenvalue weighted by atomic mass is 19.2. The minimum atomic E-state index is -1.46. The molecule has 0 fully saturated rings. The van der Waals surface area contributed by atoms with Gasteiger partial charge in [0, 0.05) is 17.5 Å². The Morgan fingerprint density at radius 1 is 1.11 bits per heavy atom. The second-order valence-corrected chi connectivity index (χ2v) is 4.22. The van der Waals surface area contributed by atoms with Crippen molar-refractivity contribution >= 4 is 0 Å². The summed E-state index contributed by atoms with van der Waals surface area (Å²) in [6.07, 6.45) is 1.59. The summed E-state index contributed by atoms with van der Waals surface area (Å²) in [6, 6.07) is 5.07. The van der Waals surface area contributed by atoms with Gasteiger partial charge in [-0.25, -0.2) is 13.2 Å². The van der Waals surface area contributed by atoms with Crippen LogP contribution in [0.3, 0.4) is 0 Å². The molecule has 0 spiro atoms. The number of hydrogen-bond donors (Lipinski definition) is 1. The van der Waals surface area contributed by atoms with Crippen molar-refractivity contribution in [2.45, 2.75) is 13.0 Å². The molecule has 19 heavy (non-hydrogen) atoms. The van der Waals surface area contributed by atoms with E-state index in [1.54, 1.807) is 32.3 Å². The van der Waals surface area contributed by atoms with Gasteiger partial charge in [-0.2, -0.15) is 0 Å². The maximum atomic E-state index is 13.8. The van der Waals surface area contributed by atoms with Gasteiger partial charge in [-0.3, -0.25) is 4.98 Å². The summed E-state index contributed by atoms with van der Waals surface area (Å²) in [5.41, 5.74) is 1.56. The van der Waals surface area contributed by atoms with Crippen LogP contribution in [0.25, 0.3) is 0 Å². The van der Waals surface area contributed by atoms with Crippen molar-refractivity contribution in [1.29, 1.82) is 0 Å². The van der Waals surface area contributed by atoms with Crippen LogP contribution in [0.4, 0.5) is 13.2 Å². The van der Waals surface area contributed by atoms with E-state index in [1.807, 2.05) is 0 Å². The highest BCUT2D eigenvalue weighted by Gasteiger charge is 2.21. The fraction of sp³-hybridized carbons (Fsp3) is 0.214. The normalized spacial score (nSPS) is 12.5. The molecule has 100 valence electrons. The topological polar surface area (TPSA) is 24.9 Å². The van der Waals surface area contributed by atoms with Crippen LogP contribution in [0, 0.1) is 24.4 Å². The van der Waals surface area contributed by atoms with Gasteiger partial charge in [-0.05, 0) is 37.7 Å². The minimum absolute atomic E-state index is 0.0620. The quantitative estimate of drug-likeness (QED) is 0.863. The van der Waals surface area contributed by atoms with Crippen LogP contribution in [-0.2, 0) is 0 Å². The molecule has 1 unspecified atom stereocenters. The van der Waals surface area contributed by atoms with Crippen molar-refractivity contribution in [3.8, 4) is 0 Å². The van der Waals surface area contributed by atoms with E-state index in [-0.39, 0.29) is 5.56 Å². The van der Waals surface area contributed by atoms with Crippen molar-refractivity contribution in [1.82, 2.24) is 10.3 Å². The second kappa shape index (κ2) is 5.40. The zero-order valence-electron chi connectivity index (χ0n) is 10.5. The van der Waals surface area contributed by atoms with Crippen molar-refractivity contribution < 1.29 is 13.2 Å². The Bertz CT molecular complexity index is 599. The summed E-state index contributed by atoms with van der Waals surface area (Å²) in [6.45, 7) is 1.80. The monoisotopic (exact) mass is 266 g/mol. The Balaban J connectivity index is 2.51. The van der Waals surface area contributed by atoms with Crippen molar-refractivity contribution in [2.24, 2.45) is 0 Å². The SMILES string of the molecule is CNC(c1ccnc(C)c1)c1ccc(F)c(F)c1F. The molecule has 2 aromatic rings. The number of nitrogens with zero attached hydrogens (tertiary/aromatic N) is 1. The Morgan fingerprint density at radius 3 is 2.47 bits per heavy atom. The van der Waals surface area contributed by atoms with Gasteiger partial charge in [-0.15, -0.1) is 0 Å². The number of rotatable bonds is 3. The summed E-state index contributed by atoms with van der Waals surface area (Å²) in [7, 11) is 1.63. The van der Waals surface area contributed by atoms with E-state index in [1.165, 1.54) is 6.07 Å². The molecule has 2 nitrogen and oxygen atoms in total. The maximum absolute atomic E-state index is 13.8. The van der Waals surface area contributed by atoms with Gasteiger partial charge in [-0.1, -0.05) is 6.07 Å². The van der Waals surface area contributed by atoms with E-state index in [2.05, 4.69) is 10.3 Å². The Kier molecular flexibility index (Phi) is 3.85. The largest absolute Gasteiger partial charge is 0.309 e. The number of aromatic nitrogens is 1. The maximum Gasteiger partial charge on any atom is 0.194 e. The van der Waals surface area contributed by atoms with Crippen LogP contribution < -0.4 is 5.32 Å². The molecule has 5 heteroatoms. The van der Waals surface area contributed by atoms with E-state index in [0.717, 1.165) is 17.3 Å².